The minimum Gasteiger partial charge on any atom is -0.344 e. The standard InChI is InChI=1S/C19H29N3O2S/c1-13(2)21-7-9-22(10-8-21)18(23)14-5-6-16-15(11-14)12-17(25-16)19(24)20(3)4/h12-14H,5-11H2,1-4H3/t14-/m0/s1. The fraction of sp³-hybridized carbons (Fsp3) is 0.684. The third-order valence-electron chi connectivity index (χ3n) is 5.41. The van der Waals surface area contributed by atoms with Gasteiger partial charge >= 0.3 is 0 Å². The molecule has 138 valence electrons. The van der Waals surface area contributed by atoms with Gasteiger partial charge in [-0.2, -0.15) is 0 Å². The Balaban J connectivity index is 1.63. The molecule has 0 radical (unpaired) electrons. The van der Waals surface area contributed by atoms with Gasteiger partial charge in [0.25, 0.3) is 5.91 Å². The van der Waals surface area contributed by atoms with E-state index in [-0.39, 0.29) is 11.8 Å². The number of carbonyl (C=O) groups is 2. The molecular weight excluding hydrogens is 334 g/mol. The van der Waals surface area contributed by atoms with Gasteiger partial charge in [0.2, 0.25) is 5.91 Å². The van der Waals surface area contributed by atoms with Gasteiger partial charge in [0.1, 0.15) is 0 Å². The van der Waals surface area contributed by atoms with Crippen molar-refractivity contribution in [3.8, 4) is 0 Å². The fourth-order valence-corrected chi connectivity index (χ4v) is 5.01. The lowest BCUT2D eigenvalue weighted by Gasteiger charge is -2.38. The van der Waals surface area contributed by atoms with Crippen molar-refractivity contribution in [2.45, 2.75) is 39.2 Å². The molecule has 1 aromatic heterocycles. The first kappa shape index (κ1) is 18.4. The van der Waals surface area contributed by atoms with Crippen LogP contribution in [0.2, 0.25) is 0 Å². The van der Waals surface area contributed by atoms with E-state index < -0.39 is 0 Å². The lowest BCUT2D eigenvalue weighted by Crippen LogP contribution is -2.52. The first-order valence-electron chi connectivity index (χ1n) is 9.23. The smallest absolute Gasteiger partial charge is 0.263 e. The zero-order valence-electron chi connectivity index (χ0n) is 15.7. The number of piperazine rings is 1. The normalized spacial score (nSPS) is 21.3. The molecular formula is C19H29N3O2S. The summed E-state index contributed by atoms with van der Waals surface area (Å²) in [5.41, 5.74) is 1.21. The van der Waals surface area contributed by atoms with Crippen molar-refractivity contribution >= 4 is 23.2 Å². The number of carbonyl (C=O) groups excluding carboxylic acids is 2. The predicted molar refractivity (Wildman–Crippen MR) is 101 cm³/mol. The second kappa shape index (κ2) is 7.46. The van der Waals surface area contributed by atoms with E-state index in [0.717, 1.165) is 50.3 Å². The van der Waals surface area contributed by atoms with Crippen molar-refractivity contribution in [1.82, 2.24) is 14.7 Å². The largest absolute Gasteiger partial charge is 0.344 e. The Morgan fingerprint density at radius 1 is 1.20 bits per heavy atom. The van der Waals surface area contributed by atoms with Gasteiger partial charge in [-0.1, -0.05) is 0 Å². The topological polar surface area (TPSA) is 43.9 Å². The lowest BCUT2D eigenvalue weighted by atomic mass is 9.87. The van der Waals surface area contributed by atoms with Crippen molar-refractivity contribution in [1.29, 1.82) is 0 Å². The van der Waals surface area contributed by atoms with Gasteiger partial charge in [0, 0.05) is 57.1 Å². The molecule has 0 saturated carbocycles. The highest BCUT2D eigenvalue weighted by Gasteiger charge is 2.32. The van der Waals surface area contributed by atoms with E-state index in [0.29, 0.717) is 11.9 Å². The van der Waals surface area contributed by atoms with Gasteiger partial charge < -0.3 is 9.80 Å². The summed E-state index contributed by atoms with van der Waals surface area (Å²) in [6.07, 6.45) is 2.62. The summed E-state index contributed by atoms with van der Waals surface area (Å²) >= 11 is 1.60. The molecule has 3 rings (SSSR count). The van der Waals surface area contributed by atoms with Gasteiger partial charge in [0.05, 0.1) is 4.88 Å². The molecule has 6 heteroatoms. The Kier molecular flexibility index (Phi) is 5.49. The average Bonchev–Trinajstić information content (AvgIpc) is 3.03. The van der Waals surface area contributed by atoms with Crippen LogP contribution in [-0.2, 0) is 17.6 Å². The number of fused-ring (bicyclic) bond motifs is 1. The van der Waals surface area contributed by atoms with Crippen molar-refractivity contribution in [2.75, 3.05) is 40.3 Å². The lowest BCUT2D eigenvalue weighted by molar-refractivity contribution is -0.137. The van der Waals surface area contributed by atoms with E-state index >= 15 is 0 Å². The maximum Gasteiger partial charge on any atom is 0.263 e. The van der Waals surface area contributed by atoms with Gasteiger partial charge in [-0.25, -0.2) is 0 Å². The number of amides is 2. The molecule has 1 fully saturated rings. The van der Waals surface area contributed by atoms with Crippen LogP contribution in [0.3, 0.4) is 0 Å². The third-order valence-corrected chi connectivity index (χ3v) is 6.63. The molecule has 2 amide bonds. The molecule has 1 aliphatic carbocycles. The van der Waals surface area contributed by atoms with Gasteiger partial charge in [-0.05, 0) is 44.7 Å². The van der Waals surface area contributed by atoms with Crippen molar-refractivity contribution in [3.05, 3.63) is 21.4 Å². The number of aryl methyl sites for hydroxylation is 1. The van der Waals surface area contributed by atoms with E-state index in [2.05, 4.69) is 18.7 Å². The number of nitrogens with zero attached hydrogens (tertiary/aromatic N) is 3. The van der Waals surface area contributed by atoms with Crippen LogP contribution in [-0.4, -0.2) is 72.8 Å². The van der Waals surface area contributed by atoms with Crippen LogP contribution in [0.1, 0.15) is 40.4 Å². The molecule has 0 bridgehead atoms. The Morgan fingerprint density at radius 3 is 2.48 bits per heavy atom. The number of hydrogen-bond acceptors (Lipinski definition) is 4. The minimum atomic E-state index is 0.0621. The Bertz CT molecular complexity index is 645. The SMILES string of the molecule is CC(C)N1CCN(C(=O)[C@H]2CCc3sc(C(=O)N(C)C)cc3C2)CC1. The highest BCUT2D eigenvalue weighted by Crippen LogP contribution is 2.33. The maximum atomic E-state index is 12.9. The summed E-state index contributed by atoms with van der Waals surface area (Å²) < 4.78 is 0. The summed E-state index contributed by atoms with van der Waals surface area (Å²) in [5, 5.41) is 0. The molecule has 0 spiro atoms. The first-order valence-corrected chi connectivity index (χ1v) is 10.0. The third kappa shape index (κ3) is 3.90. The average molecular weight is 364 g/mol. The van der Waals surface area contributed by atoms with Crippen LogP contribution >= 0.6 is 11.3 Å². The van der Waals surface area contributed by atoms with Gasteiger partial charge in [-0.15, -0.1) is 11.3 Å². The number of rotatable bonds is 3. The molecule has 0 N–H and O–H groups in total. The molecule has 1 saturated heterocycles. The monoisotopic (exact) mass is 363 g/mol. The number of thiophene rings is 1. The maximum absolute atomic E-state index is 12.9. The van der Waals surface area contributed by atoms with E-state index in [9.17, 15) is 9.59 Å². The highest BCUT2D eigenvalue weighted by molar-refractivity contribution is 7.14. The first-order chi connectivity index (χ1) is 11.9. The second-order valence-electron chi connectivity index (χ2n) is 7.65. The van der Waals surface area contributed by atoms with Crippen LogP contribution in [0.4, 0.5) is 0 Å². The predicted octanol–water partition coefficient (Wildman–Crippen LogP) is 2.11. The summed E-state index contributed by atoms with van der Waals surface area (Å²) in [7, 11) is 3.56. The van der Waals surface area contributed by atoms with Crippen molar-refractivity contribution in [3.63, 3.8) is 0 Å². The molecule has 5 nitrogen and oxygen atoms in total. The summed E-state index contributed by atoms with van der Waals surface area (Å²) in [5.74, 6) is 0.447. The minimum absolute atomic E-state index is 0.0621. The van der Waals surface area contributed by atoms with Crippen LogP contribution in [0, 0.1) is 5.92 Å². The quantitative estimate of drug-likeness (QED) is 0.826. The van der Waals surface area contributed by atoms with E-state index in [1.807, 2.05) is 11.0 Å². The van der Waals surface area contributed by atoms with Crippen LogP contribution in [0.15, 0.2) is 6.07 Å². The van der Waals surface area contributed by atoms with Crippen LogP contribution in [0.5, 0.6) is 0 Å². The summed E-state index contributed by atoms with van der Waals surface area (Å²) in [6.45, 7) is 8.05. The number of hydrogen-bond donors (Lipinski definition) is 0. The molecule has 2 heterocycles. The Labute approximate surface area is 154 Å². The second-order valence-corrected chi connectivity index (χ2v) is 8.79. The van der Waals surface area contributed by atoms with Crippen LogP contribution in [0.25, 0.3) is 0 Å². The Hall–Kier alpha value is -1.40. The fourth-order valence-electron chi connectivity index (χ4n) is 3.78. The van der Waals surface area contributed by atoms with E-state index in [1.54, 1.807) is 30.3 Å². The molecule has 1 aromatic rings. The molecule has 0 aromatic carbocycles. The summed E-state index contributed by atoms with van der Waals surface area (Å²) in [6, 6.07) is 2.56. The van der Waals surface area contributed by atoms with E-state index in [4.69, 9.17) is 0 Å². The molecule has 0 unspecified atom stereocenters. The van der Waals surface area contributed by atoms with Gasteiger partial charge in [0.15, 0.2) is 0 Å². The van der Waals surface area contributed by atoms with Crippen LogP contribution < -0.4 is 0 Å². The zero-order chi connectivity index (χ0) is 18.1. The van der Waals surface area contributed by atoms with Crippen molar-refractivity contribution < 1.29 is 9.59 Å². The zero-order valence-corrected chi connectivity index (χ0v) is 16.6. The molecule has 2 aliphatic rings. The summed E-state index contributed by atoms with van der Waals surface area (Å²) in [4.78, 5) is 33.3. The van der Waals surface area contributed by atoms with Gasteiger partial charge in [-0.3, -0.25) is 14.5 Å². The highest BCUT2D eigenvalue weighted by atomic mass is 32.1. The molecule has 1 aliphatic heterocycles. The molecule has 1 atom stereocenters. The molecule has 25 heavy (non-hydrogen) atoms. The Morgan fingerprint density at radius 2 is 1.88 bits per heavy atom. The van der Waals surface area contributed by atoms with Crippen molar-refractivity contribution in [2.24, 2.45) is 5.92 Å². The van der Waals surface area contributed by atoms with E-state index in [1.165, 1.54) is 10.4 Å².